The highest BCUT2D eigenvalue weighted by atomic mass is 35.5. The lowest BCUT2D eigenvalue weighted by atomic mass is 10.1. The number of carbonyl (C=O) groups excluding carboxylic acids is 1. The molecule has 1 unspecified atom stereocenters. The molecule has 1 rings (SSSR count). The predicted octanol–water partition coefficient (Wildman–Crippen LogP) is 1.23. The van der Waals surface area contributed by atoms with E-state index in [2.05, 4.69) is 5.32 Å². The van der Waals surface area contributed by atoms with Gasteiger partial charge in [-0.25, -0.2) is 0 Å². The highest BCUT2D eigenvalue weighted by molar-refractivity contribution is 6.30. The molecule has 0 saturated carbocycles. The van der Waals surface area contributed by atoms with Gasteiger partial charge in [0.15, 0.2) is 0 Å². The van der Waals surface area contributed by atoms with Crippen LogP contribution in [0.25, 0.3) is 0 Å². The Morgan fingerprint density at radius 3 is 2.47 bits per heavy atom. The highest BCUT2D eigenvalue weighted by Gasteiger charge is 2.22. The fourth-order valence-corrected chi connectivity index (χ4v) is 1.35. The molecule has 0 aliphatic carbocycles. The SMILES string of the molecule is CC(C)(N)C(=O)NCC(O)c1ccc(Cl)cc1. The minimum Gasteiger partial charge on any atom is -0.387 e. The second kappa shape index (κ2) is 5.49. The lowest BCUT2D eigenvalue weighted by Gasteiger charge is -2.19. The number of hydrogen-bond donors (Lipinski definition) is 3. The molecule has 94 valence electrons. The fraction of sp³-hybridized carbons (Fsp3) is 0.417. The van der Waals surface area contributed by atoms with Gasteiger partial charge in [0.1, 0.15) is 0 Å². The Kier molecular flexibility index (Phi) is 4.51. The van der Waals surface area contributed by atoms with Crippen molar-refractivity contribution < 1.29 is 9.90 Å². The molecule has 0 heterocycles. The zero-order valence-corrected chi connectivity index (χ0v) is 10.7. The number of benzene rings is 1. The van der Waals surface area contributed by atoms with E-state index in [9.17, 15) is 9.90 Å². The highest BCUT2D eigenvalue weighted by Crippen LogP contribution is 2.15. The van der Waals surface area contributed by atoms with Crippen LogP contribution in [0.4, 0.5) is 0 Å². The minimum absolute atomic E-state index is 0.126. The van der Waals surface area contributed by atoms with Gasteiger partial charge < -0.3 is 16.2 Å². The third kappa shape index (κ3) is 4.34. The van der Waals surface area contributed by atoms with Gasteiger partial charge in [0.2, 0.25) is 5.91 Å². The van der Waals surface area contributed by atoms with Gasteiger partial charge in [0.25, 0.3) is 0 Å². The Labute approximate surface area is 106 Å². The Balaban J connectivity index is 2.53. The molecule has 0 aliphatic heterocycles. The Hall–Kier alpha value is -1.10. The van der Waals surface area contributed by atoms with Crippen LogP contribution in [-0.2, 0) is 4.79 Å². The number of carbonyl (C=O) groups is 1. The number of rotatable bonds is 4. The van der Waals surface area contributed by atoms with E-state index < -0.39 is 11.6 Å². The van der Waals surface area contributed by atoms with E-state index in [0.717, 1.165) is 0 Å². The molecule has 17 heavy (non-hydrogen) atoms. The molecule has 0 radical (unpaired) electrons. The molecule has 0 bridgehead atoms. The summed E-state index contributed by atoms with van der Waals surface area (Å²) >= 11 is 5.74. The van der Waals surface area contributed by atoms with E-state index in [-0.39, 0.29) is 12.5 Å². The van der Waals surface area contributed by atoms with Gasteiger partial charge in [-0.15, -0.1) is 0 Å². The van der Waals surface area contributed by atoms with E-state index >= 15 is 0 Å². The van der Waals surface area contributed by atoms with Gasteiger partial charge in [0.05, 0.1) is 11.6 Å². The third-order valence-corrected chi connectivity index (χ3v) is 2.55. The second-order valence-electron chi connectivity index (χ2n) is 4.50. The molecule has 4 N–H and O–H groups in total. The molecule has 1 aromatic carbocycles. The maximum atomic E-state index is 11.5. The van der Waals surface area contributed by atoms with E-state index in [1.807, 2.05) is 0 Å². The van der Waals surface area contributed by atoms with Crippen LogP contribution in [0.3, 0.4) is 0 Å². The van der Waals surface area contributed by atoms with Crippen LogP contribution < -0.4 is 11.1 Å². The van der Waals surface area contributed by atoms with Gasteiger partial charge in [-0.2, -0.15) is 0 Å². The van der Waals surface area contributed by atoms with Crippen molar-refractivity contribution in [1.29, 1.82) is 0 Å². The van der Waals surface area contributed by atoms with Crippen LogP contribution in [0, 0.1) is 0 Å². The van der Waals surface area contributed by atoms with Crippen LogP contribution in [0.2, 0.25) is 5.02 Å². The van der Waals surface area contributed by atoms with Crippen molar-refractivity contribution in [3.05, 3.63) is 34.9 Å². The molecule has 4 nitrogen and oxygen atoms in total. The number of aliphatic hydroxyl groups is 1. The van der Waals surface area contributed by atoms with Gasteiger partial charge in [-0.3, -0.25) is 4.79 Å². The molecule has 0 aromatic heterocycles. The average molecular weight is 257 g/mol. The summed E-state index contributed by atoms with van der Waals surface area (Å²) in [5.41, 5.74) is 5.37. The van der Waals surface area contributed by atoms with Crippen molar-refractivity contribution in [1.82, 2.24) is 5.32 Å². The second-order valence-corrected chi connectivity index (χ2v) is 4.94. The van der Waals surface area contributed by atoms with E-state index in [0.29, 0.717) is 10.6 Å². The topological polar surface area (TPSA) is 75.4 Å². The van der Waals surface area contributed by atoms with E-state index in [4.69, 9.17) is 17.3 Å². The smallest absolute Gasteiger partial charge is 0.239 e. The van der Waals surface area contributed by atoms with Crippen molar-refractivity contribution in [2.75, 3.05) is 6.54 Å². The first-order valence-corrected chi connectivity index (χ1v) is 5.69. The normalized spacial score (nSPS) is 13.2. The number of nitrogens with one attached hydrogen (secondary N) is 1. The first kappa shape index (κ1) is 14.0. The number of aliphatic hydroxyl groups excluding tert-OH is 1. The largest absolute Gasteiger partial charge is 0.387 e. The summed E-state index contributed by atoms with van der Waals surface area (Å²) in [5, 5.41) is 13.0. The van der Waals surface area contributed by atoms with Crippen molar-refractivity contribution in [2.45, 2.75) is 25.5 Å². The van der Waals surface area contributed by atoms with Crippen LogP contribution in [-0.4, -0.2) is 23.1 Å². The number of halogens is 1. The molecule has 1 amide bonds. The van der Waals surface area contributed by atoms with E-state index in [1.165, 1.54) is 0 Å². The lowest BCUT2D eigenvalue weighted by molar-refractivity contribution is -0.125. The zero-order valence-electron chi connectivity index (χ0n) is 9.90. The first-order chi connectivity index (χ1) is 7.80. The first-order valence-electron chi connectivity index (χ1n) is 5.31. The average Bonchev–Trinajstić information content (AvgIpc) is 2.25. The summed E-state index contributed by atoms with van der Waals surface area (Å²) in [5.74, 6) is -0.300. The number of hydrogen-bond acceptors (Lipinski definition) is 3. The summed E-state index contributed by atoms with van der Waals surface area (Å²) in [6.45, 7) is 3.34. The summed E-state index contributed by atoms with van der Waals surface area (Å²) in [4.78, 5) is 11.5. The monoisotopic (exact) mass is 256 g/mol. The van der Waals surface area contributed by atoms with Gasteiger partial charge >= 0.3 is 0 Å². The molecular formula is C12H17ClN2O2. The molecule has 1 aromatic rings. The Morgan fingerprint density at radius 1 is 1.47 bits per heavy atom. The Bertz CT molecular complexity index is 384. The summed E-state index contributed by atoms with van der Waals surface area (Å²) in [6.07, 6.45) is -0.765. The molecule has 0 saturated heterocycles. The number of nitrogens with two attached hydrogens (primary N) is 1. The summed E-state index contributed by atoms with van der Waals surface area (Å²) in [7, 11) is 0. The third-order valence-electron chi connectivity index (χ3n) is 2.30. The molecular weight excluding hydrogens is 240 g/mol. The van der Waals surface area contributed by atoms with Crippen molar-refractivity contribution in [3.63, 3.8) is 0 Å². The van der Waals surface area contributed by atoms with Crippen molar-refractivity contribution >= 4 is 17.5 Å². The number of amides is 1. The van der Waals surface area contributed by atoms with Crippen molar-refractivity contribution in [2.24, 2.45) is 5.73 Å². The van der Waals surface area contributed by atoms with Crippen LogP contribution in [0.15, 0.2) is 24.3 Å². The van der Waals surface area contributed by atoms with Crippen LogP contribution in [0.5, 0.6) is 0 Å². The summed E-state index contributed by atoms with van der Waals surface area (Å²) in [6, 6.07) is 6.81. The van der Waals surface area contributed by atoms with Gasteiger partial charge in [0, 0.05) is 11.6 Å². The van der Waals surface area contributed by atoms with Crippen molar-refractivity contribution in [3.8, 4) is 0 Å². The van der Waals surface area contributed by atoms with E-state index in [1.54, 1.807) is 38.1 Å². The Morgan fingerprint density at radius 2 is 2.00 bits per heavy atom. The van der Waals surface area contributed by atoms with Gasteiger partial charge in [-0.1, -0.05) is 23.7 Å². The molecule has 0 aliphatic rings. The molecule has 5 heteroatoms. The quantitative estimate of drug-likeness (QED) is 0.758. The predicted molar refractivity (Wildman–Crippen MR) is 67.7 cm³/mol. The minimum atomic E-state index is -0.945. The standard InChI is InChI=1S/C12H17ClN2O2/c1-12(2,14)11(17)15-7-10(16)8-3-5-9(13)6-4-8/h3-6,10,16H,7,14H2,1-2H3,(H,15,17). The molecule has 0 spiro atoms. The maximum Gasteiger partial charge on any atom is 0.239 e. The van der Waals surface area contributed by atoms with Crippen LogP contribution >= 0.6 is 11.6 Å². The van der Waals surface area contributed by atoms with Crippen LogP contribution in [0.1, 0.15) is 25.5 Å². The zero-order chi connectivity index (χ0) is 13.1. The fourth-order valence-electron chi connectivity index (χ4n) is 1.22. The lowest BCUT2D eigenvalue weighted by Crippen LogP contribution is -2.49. The summed E-state index contributed by atoms with van der Waals surface area (Å²) < 4.78 is 0. The maximum absolute atomic E-state index is 11.5. The molecule has 1 atom stereocenters. The van der Waals surface area contributed by atoms with Gasteiger partial charge in [-0.05, 0) is 31.5 Å². The molecule has 0 fully saturated rings.